The molecule has 0 saturated carbocycles. The van der Waals surface area contributed by atoms with E-state index in [0.29, 0.717) is 49.9 Å². The highest BCUT2D eigenvalue weighted by Gasteiger charge is 2.30. The highest BCUT2D eigenvalue weighted by Crippen LogP contribution is 2.36. The minimum atomic E-state index is -0.731. The molecule has 0 bridgehead atoms. The number of amides is 1. The summed E-state index contributed by atoms with van der Waals surface area (Å²) in [6.07, 6.45) is 0.685. The Morgan fingerprint density at radius 2 is 1.77 bits per heavy atom. The molecule has 31 heavy (non-hydrogen) atoms. The summed E-state index contributed by atoms with van der Waals surface area (Å²) in [5, 5.41) is 26.8. The summed E-state index contributed by atoms with van der Waals surface area (Å²) >= 11 is 6.64. The lowest BCUT2D eigenvalue weighted by molar-refractivity contribution is -0.393. The second-order valence-electron chi connectivity index (χ2n) is 6.80. The molecule has 1 fully saturated rings. The number of morpholine rings is 1. The van der Waals surface area contributed by atoms with Gasteiger partial charge in [0.25, 0.3) is 17.3 Å². The molecular formula is C18H25Br2N5O6. The first-order valence-electron chi connectivity index (χ1n) is 9.81. The van der Waals surface area contributed by atoms with Gasteiger partial charge in [-0.2, -0.15) is 0 Å². The summed E-state index contributed by atoms with van der Waals surface area (Å²) in [7, 11) is 0. The molecule has 13 heteroatoms. The average Bonchev–Trinajstić information content (AvgIpc) is 2.76. The number of nitrogens with zero attached hydrogens (tertiary/aromatic N) is 4. The van der Waals surface area contributed by atoms with E-state index >= 15 is 0 Å². The molecule has 1 aliphatic rings. The first-order valence-corrected chi connectivity index (χ1v) is 12.0. The van der Waals surface area contributed by atoms with E-state index in [1.165, 1.54) is 0 Å². The summed E-state index contributed by atoms with van der Waals surface area (Å²) in [4.78, 5) is 38.5. The van der Waals surface area contributed by atoms with E-state index in [4.69, 9.17) is 4.74 Å². The fourth-order valence-corrected chi connectivity index (χ4v) is 4.17. The molecule has 0 unspecified atom stereocenters. The molecular weight excluding hydrogens is 542 g/mol. The largest absolute Gasteiger partial charge is 0.379 e. The maximum absolute atomic E-state index is 12.9. The summed E-state index contributed by atoms with van der Waals surface area (Å²) in [5.41, 5.74) is -0.949. The van der Waals surface area contributed by atoms with Gasteiger partial charge >= 0.3 is 0 Å². The topological polar surface area (TPSA) is 131 Å². The summed E-state index contributed by atoms with van der Waals surface area (Å²) in [5.74, 6) is -0.571. The fraction of sp³-hybridized carbons (Fsp3) is 0.611. The molecule has 0 radical (unpaired) electrons. The van der Waals surface area contributed by atoms with Crippen LogP contribution in [0, 0.1) is 20.2 Å². The molecule has 1 aromatic rings. The van der Waals surface area contributed by atoms with E-state index in [1.807, 2.05) is 0 Å². The number of hydrogen-bond donors (Lipinski definition) is 1. The third-order valence-corrected chi connectivity index (χ3v) is 5.50. The minimum absolute atomic E-state index is 0.0748. The molecule has 1 saturated heterocycles. The predicted octanol–water partition coefficient (Wildman–Crippen LogP) is 2.55. The molecule has 11 nitrogen and oxygen atoms in total. The van der Waals surface area contributed by atoms with E-state index in [2.05, 4.69) is 42.1 Å². The number of anilines is 1. The van der Waals surface area contributed by atoms with Crippen molar-refractivity contribution in [3.05, 3.63) is 37.9 Å². The van der Waals surface area contributed by atoms with Gasteiger partial charge in [0.15, 0.2) is 0 Å². The van der Waals surface area contributed by atoms with Crippen LogP contribution in [0.3, 0.4) is 0 Å². The lowest BCUT2D eigenvalue weighted by Crippen LogP contribution is -2.38. The van der Waals surface area contributed by atoms with Crippen molar-refractivity contribution in [2.45, 2.75) is 6.42 Å². The van der Waals surface area contributed by atoms with Crippen LogP contribution >= 0.6 is 31.9 Å². The second-order valence-corrected chi connectivity index (χ2v) is 8.39. The van der Waals surface area contributed by atoms with Gasteiger partial charge in [0.1, 0.15) is 5.69 Å². The van der Waals surface area contributed by atoms with Crippen LogP contribution < -0.4 is 10.2 Å². The predicted molar refractivity (Wildman–Crippen MR) is 124 cm³/mol. The van der Waals surface area contributed by atoms with Gasteiger partial charge in [0, 0.05) is 49.5 Å². The Kier molecular flexibility index (Phi) is 10.6. The summed E-state index contributed by atoms with van der Waals surface area (Å²) in [6, 6.07) is 2.01. The smallest absolute Gasteiger partial charge is 0.300 e. The van der Waals surface area contributed by atoms with Gasteiger partial charge in [0.05, 0.1) is 34.7 Å². The SMILES string of the molecule is O=C(NCCCN1CCOCC1)c1cc([N+](=O)[O-])cc([N+](=O)[O-])c1N(CCBr)CCBr. The normalized spacial score (nSPS) is 14.3. The maximum Gasteiger partial charge on any atom is 0.300 e. The Labute approximate surface area is 196 Å². The number of carbonyl (C=O) groups is 1. The van der Waals surface area contributed by atoms with Crippen molar-refractivity contribution in [2.24, 2.45) is 0 Å². The zero-order chi connectivity index (χ0) is 22.8. The van der Waals surface area contributed by atoms with Crippen LogP contribution in [-0.4, -0.2) is 83.8 Å². The Balaban J connectivity index is 2.27. The van der Waals surface area contributed by atoms with Gasteiger partial charge in [0.2, 0.25) is 0 Å². The number of benzene rings is 1. The third kappa shape index (κ3) is 7.37. The number of halogens is 2. The Morgan fingerprint density at radius 3 is 2.32 bits per heavy atom. The standard InChI is InChI=1S/C18H25Br2N5O6/c19-2-6-23(7-3-20)17-15(12-14(24(27)28)13-16(17)25(29)30)18(26)21-4-1-5-22-8-10-31-11-9-22/h12-13H,1-11H2,(H,21,26). The van der Waals surface area contributed by atoms with Crippen LogP contribution in [0.5, 0.6) is 0 Å². The molecule has 172 valence electrons. The number of rotatable bonds is 12. The molecule has 0 atom stereocenters. The fourth-order valence-electron chi connectivity index (χ4n) is 3.32. The van der Waals surface area contributed by atoms with Crippen LogP contribution in [0.15, 0.2) is 12.1 Å². The van der Waals surface area contributed by atoms with Crippen LogP contribution in [0.1, 0.15) is 16.8 Å². The number of hydrogen-bond acceptors (Lipinski definition) is 8. The lowest BCUT2D eigenvalue weighted by Gasteiger charge is -2.26. The third-order valence-electron chi connectivity index (χ3n) is 4.79. The van der Waals surface area contributed by atoms with E-state index in [0.717, 1.165) is 31.8 Å². The lowest BCUT2D eigenvalue weighted by atomic mass is 10.1. The molecule has 0 aromatic heterocycles. The Bertz CT molecular complexity index is 785. The first kappa shape index (κ1) is 25.4. The number of nitrogens with one attached hydrogen (secondary N) is 1. The van der Waals surface area contributed by atoms with Crippen molar-refractivity contribution < 1.29 is 19.4 Å². The number of carbonyl (C=O) groups excluding carboxylic acids is 1. The Morgan fingerprint density at radius 1 is 1.13 bits per heavy atom. The van der Waals surface area contributed by atoms with Crippen molar-refractivity contribution in [2.75, 3.05) is 68.0 Å². The van der Waals surface area contributed by atoms with Crippen molar-refractivity contribution in [3.63, 3.8) is 0 Å². The van der Waals surface area contributed by atoms with E-state index < -0.39 is 27.1 Å². The summed E-state index contributed by atoms with van der Waals surface area (Å²) in [6.45, 7) is 4.96. The number of nitro benzene ring substituents is 2. The Hall–Kier alpha value is -1.83. The maximum atomic E-state index is 12.9. The van der Waals surface area contributed by atoms with E-state index in [1.54, 1.807) is 4.90 Å². The zero-order valence-corrected chi connectivity index (χ0v) is 20.1. The van der Waals surface area contributed by atoms with Gasteiger partial charge in [-0.15, -0.1) is 0 Å². The minimum Gasteiger partial charge on any atom is -0.379 e. The molecule has 1 amide bonds. The number of non-ortho nitro benzene ring substituents is 1. The monoisotopic (exact) mass is 565 g/mol. The molecule has 0 spiro atoms. The van der Waals surface area contributed by atoms with Gasteiger partial charge in [-0.05, 0) is 13.0 Å². The van der Waals surface area contributed by atoms with Gasteiger partial charge in [-0.3, -0.25) is 29.9 Å². The molecule has 1 N–H and O–H groups in total. The van der Waals surface area contributed by atoms with Crippen LogP contribution in [0.4, 0.5) is 17.1 Å². The molecule has 1 aliphatic heterocycles. The van der Waals surface area contributed by atoms with E-state index in [-0.39, 0.29) is 11.3 Å². The van der Waals surface area contributed by atoms with Crippen molar-refractivity contribution in [3.8, 4) is 0 Å². The average molecular weight is 567 g/mol. The second kappa shape index (κ2) is 12.9. The highest BCUT2D eigenvalue weighted by molar-refractivity contribution is 9.09. The molecule has 1 aromatic carbocycles. The number of alkyl halides is 2. The van der Waals surface area contributed by atoms with Crippen LogP contribution in [-0.2, 0) is 4.74 Å². The molecule has 1 heterocycles. The van der Waals surface area contributed by atoms with Crippen LogP contribution in [0.2, 0.25) is 0 Å². The van der Waals surface area contributed by atoms with Gasteiger partial charge < -0.3 is 15.0 Å². The van der Waals surface area contributed by atoms with Gasteiger partial charge in [-0.25, -0.2) is 0 Å². The van der Waals surface area contributed by atoms with Crippen LogP contribution in [0.25, 0.3) is 0 Å². The zero-order valence-electron chi connectivity index (χ0n) is 16.9. The molecule has 0 aliphatic carbocycles. The summed E-state index contributed by atoms with van der Waals surface area (Å²) < 4.78 is 5.31. The van der Waals surface area contributed by atoms with E-state index in [9.17, 15) is 25.0 Å². The van der Waals surface area contributed by atoms with Crippen molar-refractivity contribution >= 4 is 54.8 Å². The quantitative estimate of drug-likeness (QED) is 0.177. The highest BCUT2D eigenvalue weighted by atomic mass is 79.9. The van der Waals surface area contributed by atoms with Crippen molar-refractivity contribution in [1.82, 2.24) is 10.2 Å². The van der Waals surface area contributed by atoms with Crippen molar-refractivity contribution in [1.29, 1.82) is 0 Å². The molecule has 2 rings (SSSR count). The first-order chi connectivity index (χ1) is 14.9. The van der Waals surface area contributed by atoms with Gasteiger partial charge in [-0.1, -0.05) is 31.9 Å². The number of ether oxygens (including phenoxy) is 1. The number of nitro groups is 2.